The number of aromatic nitrogens is 1. The predicted molar refractivity (Wildman–Crippen MR) is 114 cm³/mol. The Morgan fingerprint density at radius 3 is 1.33 bits per heavy atom. The van der Waals surface area contributed by atoms with Crippen LogP contribution in [0.2, 0.25) is 0 Å². The molecular formula is C23H25NO6. The summed E-state index contributed by atoms with van der Waals surface area (Å²) in [6.45, 7) is 0. The average molecular weight is 411 g/mol. The topological polar surface area (TPSA) is 68.3 Å². The molecule has 0 atom stereocenters. The summed E-state index contributed by atoms with van der Waals surface area (Å²) in [6.07, 6.45) is 1.75. The fourth-order valence-corrected chi connectivity index (χ4v) is 3.24. The van der Waals surface area contributed by atoms with Gasteiger partial charge in [-0.1, -0.05) is 0 Å². The van der Waals surface area contributed by atoms with Crippen LogP contribution in [0.5, 0.6) is 34.5 Å². The molecule has 0 fully saturated rings. The third kappa shape index (κ3) is 3.91. The molecule has 0 saturated heterocycles. The lowest BCUT2D eigenvalue weighted by Gasteiger charge is -2.15. The first-order valence-electron chi connectivity index (χ1n) is 9.16. The van der Waals surface area contributed by atoms with E-state index in [1.165, 1.54) is 0 Å². The van der Waals surface area contributed by atoms with Gasteiger partial charge < -0.3 is 28.4 Å². The Morgan fingerprint density at radius 2 is 0.933 bits per heavy atom. The van der Waals surface area contributed by atoms with E-state index in [1.807, 2.05) is 36.4 Å². The lowest BCUT2D eigenvalue weighted by molar-refractivity contribution is 0.324. The van der Waals surface area contributed by atoms with Crippen molar-refractivity contribution >= 4 is 0 Å². The highest BCUT2D eigenvalue weighted by atomic mass is 16.5. The van der Waals surface area contributed by atoms with Crippen molar-refractivity contribution in [3.8, 4) is 56.9 Å². The number of hydrogen-bond acceptors (Lipinski definition) is 7. The van der Waals surface area contributed by atoms with E-state index in [-0.39, 0.29) is 0 Å². The highest BCUT2D eigenvalue weighted by molar-refractivity contribution is 5.76. The van der Waals surface area contributed by atoms with Crippen molar-refractivity contribution in [1.82, 2.24) is 4.98 Å². The summed E-state index contributed by atoms with van der Waals surface area (Å²) in [6, 6.07) is 11.4. The second-order valence-electron chi connectivity index (χ2n) is 6.26. The van der Waals surface area contributed by atoms with Crippen LogP contribution in [0.3, 0.4) is 0 Å². The van der Waals surface area contributed by atoms with Crippen LogP contribution in [0.25, 0.3) is 22.4 Å². The third-order valence-corrected chi connectivity index (χ3v) is 4.72. The van der Waals surface area contributed by atoms with Crippen molar-refractivity contribution in [2.45, 2.75) is 0 Å². The van der Waals surface area contributed by atoms with E-state index in [1.54, 1.807) is 48.9 Å². The minimum Gasteiger partial charge on any atom is -0.493 e. The van der Waals surface area contributed by atoms with E-state index in [0.29, 0.717) is 34.5 Å². The number of methoxy groups -OCH3 is 6. The summed E-state index contributed by atoms with van der Waals surface area (Å²) in [5.74, 6) is 3.36. The Morgan fingerprint density at radius 1 is 0.500 bits per heavy atom. The molecule has 0 aliphatic rings. The Balaban J connectivity index is 2.12. The van der Waals surface area contributed by atoms with Gasteiger partial charge in [0.2, 0.25) is 11.5 Å². The molecule has 3 rings (SSSR count). The van der Waals surface area contributed by atoms with Gasteiger partial charge in [-0.25, -0.2) is 0 Å². The van der Waals surface area contributed by atoms with Crippen LogP contribution in [0.15, 0.2) is 42.6 Å². The first-order chi connectivity index (χ1) is 14.6. The van der Waals surface area contributed by atoms with Crippen LogP contribution in [-0.4, -0.2) is 47.6 Å². The van der Waals surface area contributed by atoms with E-state index in [0.717, 1.165) is 22.4 Å². The predicted octanol–water partition coefficient (Wildman–Crippen LogP) is 4.47. The van der Waals surface area contributed by atoms with Gasteiger partial charge in [0.15, 0.2) is 23.0 Å². The number of hydrogen-bond donors (Lipinski definition) is 0. The second-order valence-corrected chi connectivity index (χ2v) is 6.26. The van der Waals surface area contributed by atoms with Crippen molar-refractivity contribution in [2.75, 3.05) is 42.7 Å². The number of benzene rings is 2. The fraction of sp³-hybridized carbons (Fsp3) is 0.261. The average Bonchev–Trinajstić information content (AvgIpc) is 2.81. The van der Waals surface area contributed by atoms with Gasteiger partial charge in [-0.2, -0.15) is 0 Å². The van der Waals surface area contributed by atoms with Crippen molar-refractivity contribution in [3.63, 3.8) is 0 Å². The highest BCUT2D eigenvalue weighted by Crippen LogP contribution is 2.43. The Hall–Kier alpha value is -3.61. The lowest BCUT2D eigenvalue weighted by atomic mass is 10.0. The molecule has 0 bridgehead atoms. The zero-order valence-corrected chi connectivity index (χ0v) is 17.9. The fourth-order valence-electron chi connectivity index (χ4n) is 3.24. The minimum absolute atomic E-state index is 0.532. The van der Waals surface area contributed by atoms with Crippen molar-refractivity contribution < 1.29 is 28.4 Å². The van der Waals surface area contributed by atoms with Gasteiger partial charge in [-0.15, -0.1) is 0 Å². The zero-order chi connectivity index (χ0) is 21.7. The van der Waals surface area contributed by atoms with E-state index in [4.69, 9.17) is 28.4 Å². The molecule has 0 unspecified atom stereocenters. The molecule has 0 radical (unpaired) electrons. The number of ether oxygens (including phenoxy) is 6. The molecule has 0 saturated carbocycles. The Labute approximate surface area is 176 Å². The molecule has 7 heteroatoms. The minimum atomic E-state index is 0.532. The summed E-state index contributed by atoms with van der Waals surface area (Å²) in [5.41, 5.74) is 3.42. The van der Waals surface area contributed by atoms with E-state index in [2.05, 4.69) is 4.98 Å². The largest absolute Gasteiger partial charge is 0.493 e. The van der Waals surface area contributed by atoms with Crippen LogP contribution in [-0.2, 0) is 0 Å². The van der Waals surface area contributed by atoms with E-state index < -0.39 is 0 Å². The standard InChI is InChI=1S/C23H25NO6/c1-25-18-10-15(11-19(26-2)22(18)29-5)14-7-8-24-17(9-14)16-12-20(27-3)23(30-6)21(13-16)28-4/h7-13H,1-6H3. The van der Waals surface area contributed by atoms with Gasteiger partial charge in [0, 0.05) is 11.8 Å². The van der Waals surface area contributed by atoms with Crippen LogP contribution in [0, 0.1) is 0 Å². The van der Waals surface area contributed by atoms with Gasteiger partial charge in [0.25, 0.3) is 0 Å². The summed E-state index contributed by atoms with van der Waals surface area (Å²) in [7, 11) is 9.50. The second kappa shape index (κ2) is 9.26. The lowest BCUT2D eigenvalue weighted by Crippen LogP contribution is -1.97. The molecular weight excluding hydrogens is 386 g/mol. The van der Waals surface area contributed by atoms with E-state index >= 15 is 0 Å². The molecule has 1 heterocycles. The van der Waals surface area contributed by atoms with Crippen molar-refractivity contribution in [2.24, 2.45) is 0 Å². The summed E-state index contributed by atoms with van der Waals surface area (Å²) in [4.78, 5) is 4.52. The zero-order valence-electron chi connectivity index (χ0n) is 17.9. The maximum Gasteiger partial charge on any atom is 0.203 e. The molecule has 0 amide bonds. The molecule has 30 heavy (non-hydrogen) atoms. The van der Waals surface area contributed by atoms with Crippen molar-refractivity contribution in [3.05, 3.63) is 42.6 Å². The monoisotopic (exact) mass is 411 g/mol. The third-order valence-electron chi connectivity index (χ3n) is 4.72. The SMILES string of the molecule is COc1cc(-c2ccnc(-c3cc(OC)c(OC)c(OC)c3)c2)cc(OC)c1OC. The molecule has 0 aliphatic carbocycles. The van der Waals surface area contributed by atoms with Crippen LogP contribution in [0.1, 0.15) is 0 Å². The summed E-state index contributed by atoms with van der Waals surface area (Å²) in [5, 5.41) is 0. The maximum absolute atomic E-state index is 5.47. The number of pyridine rings is 1. The molecule has 158 valence electrons. The molecule has 0 N–H and O–H groups in total. The number of rotatable bonds is 8. The Kier molecular flexibility index (Phi) is 6.51. The molecule has 7 nitrogen and oxygen atoms in total. The normalized spacial score (nSPS) is 10.3. The number of nitrogens with zero attached hydrogens (tertiary/aromatic N) is 1. The Bertz CT molecular complexity index is 905. The maximum atomic E-state index is 5.47. The molecule has 0 spiro atoms. The van der Waals surface area contributed by atoms with Crippen LogP contribution < -0.4 is 28.4 Å². The smallest absolute Gasteiger partial charge is 0.203 e. The quantitative estimate of drug-likeness (QED) is 0.542. The first kappa shape index (κ1) is 21.1. The molecule has 1 aromatic heterocycles. The first-order valence-corrected chi connectivity index (χ1v) is 9.16. The van der Waals surface area contributed by atoms with E-state index in [9.17, 15) is 0 Å². The summed E-state index contributed by atoms with van der Waals surface area (Å²) >= 11 is 0. The molecule has 3 aromatic rings. The van der Waals surface area contributed by atoms with Crippen LogP contribution in [0.4, 0.5) is 0 Å². The molecule has 2 aromatic carbocycles. The van der Waals surface area contributed by atoms with Crippen molar-refractivity contribution in [1.29, 1.82) is 0 Å². The summed E-state index contributed by atoms with van der Waals surface area (Å²) < 4.78 is 32.7. The molecule has 0 aliphatic heterocycles. The van der Waals surface area contributed by atoms with Gasteiger partial charge in [-0.05, 0) is 47.5 Å². The highest BCUT2D eigenvalue weighted by Gasteiger charge is 2.17. The van der Waals surface area contributed by atoms with Gasteiger partial charge >= 0.3 is 0 Å². The van der Waals surface area contributed by atoms with Crippen LogP contribution >= 0.6 is 0 Å². The van der Waals surface area contributed by atoms with Gasteiger partial charge in [0.1, 0.15) is 0 Å². The van der Waals surface area contributed by atoms with Gasteiger partial charge in [-0.3, -0.25) is 4.98 Å². The van der Waals surface area contributed by atoms with Gasteiger partial charge in [0.05, 0.1) is 48.4 Å².